The molecule has 124 valence electrons. The number of ether oxygens (including phenoxy) is 1. The molecule has 1 unspecified atom stereocenters. The highest BCUT2D eigenvalue weighted by Gasteiger charge is 2.17. The van der Waals surface area contributed by atoms with Crippen molar-refractivity contribution in [1.82, 2.24) is 10.2 Å². The molecule has 1 rings (SSSR count). The second kappa shape index (κ2) is 8.26. The number of benzene rings is 1. The summed E-state index contributed by atoms with van der Waals surface area (Å²) in [6, 6.07) is 6.48. The normalized spacial score (nSPS) is 12.9. The zero-order valence-corrected chi connectivity index (χ0v) is 14.3. The zero-order valence-electron chi connectivity index (χ0n) is 13.5. The Morgan fingerprint density at radius 2 is 1.91 bits per heavy atom. The number of hydrogen-bond acceptors (Lipinski definition) is 5. The Hall–Kier alpha value is -1.44. The van der Waals surface area contributed by atoms with E-state index >= 15 is 0 Å². The lowest BCUT2D eigenvalue weighted by Gasteiger charge is -2.25. The SMILES string of the molecule is COCCNCC(=O)N(C)C(C)c1ccc(S(C)(=O)=O)cc1. The Kier molecular flexibility index (Phi) is 6.99. The molecule has 0 heterocycles. The van der Waals surface area contributed by atoms with Gasteiger partial charge in [-0.3, -0.25) is 4.79 Å². The van der Waals surface area contributed by atoms with Gasteiger partial charge in [-0.1, -0.05) is 12.1 Å². The van der Waals surface area contributed by atoms with Crippen molar-refractivity contribution < 1.29 is 17.9 Å². The molecule has 1 aromatic rings. The summed E-state index contributed by atoms with van der Waals surface area (Å²) < 4.78 is 27.8. The second-order valence-corrected chi connectivity index (χ2v) is 7.21. The van der Waals surface area contributed by atoms with E-state index in [-0.39, 0.29) is 23.4 Å². The van der Waals surface area contributed by atoms with Crippen LogP contribution in [0.5, 0.6) is 0 Å². The molecule has 0 radical (unpaired) electrons. The second-order valence-electron chi connectivity index (χ2n) is 5.19. The van der Waals surface area contributed by atoms with Crippen LogP contribution in [-0.2, 0) is 19.4 Å². The van der Waals surface area contributed by atoms with Crippen LogP contribution in [0.4, 0.5) is 0 Å². The molecule has 0 fully saturated rings. The average Bonchev–Trinajstić information content (AvgIpc) is 2.49. The van der Waals surface area contributed by atoms with E-state index in [2.05, 4.69) is 5.32 Å². The van der Waals surface area contributed by atoms with Gasteiger partial charge in [-0.05, 0) is 24.6 Å². The molecule has 1 atom stereocenters. The standard InChI is InChI=1S/C15H24N2O4S/c1-12(17(2)15(18)11-16-9-10-21-3)13-5-7-14(8-6-13)22(4,19)20/h5-8,12,16H,9-11H2,1-4H3. The van der Waals surface area contributed by atoms with Crippen LogP contribution in [-0.4, -0.2) is 59.3 Å². The van der Waals surface area contributed by atoms with Crippen molar-refractivity contribution in [2.24, 2.45) is 0 Å². The third-order valence-electron chi connectivity index (χ3n) is 3.52. The van der Waals surface area contributed by atoms with E-state index in [9.17, 15) is 13.2 Å². The molecule has 22 heavy (non-hydrogen) atoms. The monoisotopic (exact) mass is 328 g/mol. The Labute approximate surface area is 132 Å². The smallest absolute Gasteiger partial charge is 0.236 e. The van der Waals surface area contributed by atoms with Gasteiger partial charge in [0.1, 0.15) is 0 Å². The molecule has 7 heteroatoms. The van der Waals surface area contributed by atoms with Crippen LogP contribution in [0, 0.1) is 0 Å². The summed E-state index contributed by atoms with van der Waals surface area (Å²) in [5, 5.41) is 3.01. The lowest BCUT2D eigenvalue weighted by molar-refractivity contribution is -0.130. The zero-order chi connectivity index (χ0) is 16.8. The molecule has 1 N–H and O–H groups in total. The Morgan fingerprint density at radius 1 is 1.32 bits per heavy atom. The number of hydrogen-bond donors (Lipinski definition) is 1. The molecule has 0 aliphatic carbocycles. The fraction of sp³-hybridized carbons (Fsp3) is 0.533. The van der Waals surface area contributed by atoms with Gasteiger partial charge in [-0.15, -0.1) is 0 Å². The van der Waals surface area contributed by atoms with E-state index in [4.69, 9.17) is 4.74 Å². The first-order chi connectivity index (χ1) is 10.3. The number of likely N-dealkylation sites (N-methyl/N-ethyl adjacent to an activating group) is 1. The molecule has 0 spiro atoms. The Balaban J connectivity index is 2.66. The quantitative estimate of drug-likeness (QED) is 0.716. The van der Waals surface area contributed by atoms with Crippen LogP contribution in [0.15, 0.2) is 29.2 Å². The highest BCUT2D eigenvalue weighted by Crippen LogP contribution is 2.20. The maximum atomic E-state index is 12.1. The summed E-state index contributed by atoms with van der Waals surface area (Å²) in [7, 11) is 0.139. The fourth-order valence-electron chi connectivity index (χ4n) is 1.93. The molecule has 6 nitrogen and oxygen atoms in total. The minimum Gasteiger partial charge on any atom is -0.383 e. The van der Waals surface area contributed by atoms with Gasteiger partial charge in [0.05, 0.1) is 24.1 Å². The average molecular weight is 328 g/mol. The maximum Gasteiger partial charge on any atom is 0.236 e. The summed E-state index contributed by atoms with van der Waals surface area (Å²) >= 11 is 0. The van der Waals surface area contributed by atoms with Crippen LogP contribution >= 0.6 is 0 Å². The number of sulfone groups is 1. The number of methoxy groups -OCH3 is 1. The van der Waals surface area contributed by atoms with Gasteiger partial charge in [-0.25, -0.2) is 8.42 Å². The molecular weight excluding hydrogens is 304 g/mol. The van der Waals surface area contributed by atoms with Gasteiger partial charge >= 0.3 is 0 Å². The molecular formula is C15H24N2O4S. The number of carbonyl (C=O) groups excluding carboxylic acids is 1. The molecule has 1 aromatic carbocycles. The van der Waals surface area contributed by atoms with Crippen molar-refractivity contribution >= 4 is 15.7 Å². The lowest BCUT2D eigenvalue weighted by Crippen LogP contribution is -2.38. The van der Waals surface area contributed by atoms with E-state index in [0.29, 0.717) is 13.2 Å². The minimum atomic E-state index is -3.20. The largest absolute Gasteiger partial charge is 0.383 e. The first-order valence-corrected chi connectivity index (χ1v) is 8.92. The van der Waals surface area contributed by atoms with Crippen molar-refractivity contribution in [3.63, 3.8) is 0 Å². The van der Waals surface area contributed by atoms with Crippen LogP contribution in [0.1, 0.15) is 18.5 Å². The predicted octanol–water partition coefficient (Wildman–Crippen LogP) is 0.846. The molecule has 0 bridgehead atoms. The van der Waals surface area contributed by atoms with E-state index in [1.54, 1.807) is 43.3 Å². The van der Waals surface area contributed by atoms with E-state index < -0.39 is 9.84 Å². The third-order valence-corrected chi connectivity index (χ3v) is 4.65. The van der Waals surface area contributed by atoms with Crippen LogP contribution < -0.4 is 5.32 Å². The van der Waals surface area contributed by atoms with Gasteiger partial charge in [0.15, 0.2) is 9.84 Å². The Bertz CT molecular complexity index is 584. The first-order valence-electron chi connectivity index (χ1n) is 7.02. The molecule has 0 aliphatic heterocycles. The molecule has 0 aromatic heterocycles. The number of nitrogens with zero attached hydrogens (tertiary/aromatic N) is 1. The molecule has 0 saturated heterocycles. The van der Waals surface area contributed by atoms with E-state index in [1.807, 2.05) is 6.92 Å². The van der Waals surface area contributed by atoms with Crippen molar-refractivity contribution in [3.05, 3.63) is 29.8 Å². The molecule has 1 amide bonds. The molecule has 0 saturated carbocycles. The Morgan fingerprint density at radius 3 is 2.41 bits per heavy atom. The van der Waals surface area contributed by atoms with Gasteiger partial charge in [0, 0.05) is 27.0 Å². The number of nitrogens with one attached hydrogen (secondary N) is 1. The van der Waals surface area contributed by atoms with Crippen molar-refractivity contribution in [2.75, 3.05) is 40.1 Å². The molecule has 0 aliphatic rings. The summed E-state index contributed by atoms with van der Waals surface area (Å²) in [6.07, 6.45) is 1.17. The number of amides is 1. The van der Waals surface area contributed by atoms with Gasteiger partial charge < -0.3 is 15.0 Å². The van der Waals surface area contributed by atoms with Crippen molar-refractivity contribution in [1.29, 1.82) is 0 Å². The van der Waals surface area contributed by atoms with Crippen LogP contribution in [0.3, 0.4) is 0 Å². The van der Waals surface area contributed by atoms with Crippen LogP contribution in [0.25, 0.3) is 0 Å². The number of carbonyl (C=O) groups is 1. The van der Waals surface area contributed by atoms with Crippen molar-refractivity contribution in [2.45, 2.75) is 17.9 Å². The maximum absolute atomic E-state index is 12.1. The van der Waals surface area contributed by atoms with Gasteiger partial charge in [0.25, 0.3) is 0 Å². The summed E-state index contributed by atoms with van der Waals surface area (Å²) in [5.74, 6) is -0.0317. The highest BCUT2D eigenvalue weighted by atomic mass is 32.2. The summed E-state index contributed by atoms with van der Waals surface area (Å²) in [5.41, 5.74) is 0.889. The highest BCUT2D eigenvalue weighted by molar-refractivity contribution is 7.90. The first kappa shape index (κ1) is 18.6. The third kappa shape index (κ3) is 5.40. The summed E-state index contributed by atoms with van der Waals surface area (Å²) in [6.45, 7) is 3.32. The number of rotatable bonds is 8. The minimum absolute atomic E-state index is 0.0317. The van der Waals surface area contributed by atoms with Gasteiger partial charge in [-0.2, -0.15) is 0 Å². The van der Waals surface area contributed by atoms with E-state index in [0.717, 1.165) is 5.56 Å². The van der Waals surface area contributed by atoms with Crippen LogP contribution in [0.2, 0.25) is 0 Å². The van der Waals surface area contributed by atoms with E-state index in [1.165, 1.54) is 6.26 Å². The summed E-state index contributed by atoms with van der Waals surface area (Å²) in [4.78, 5) is 14.0. The fourth-order valence-corrected chi connectivity index (χ4v) is 2.56. The van der Waals surface area contributed by atoms with Crippen molar-refractivity contribution in [3.8, 4) is 0 Å². The lowest BCUT2D eigenvalue weighted by atomic mass is 10.1. The van der Waals surface area contributed by atoms with Gasteiger partial charge in [0.2, 0.25) is 5.91 Å². The predicted molar refractivity (Wildman–Crippen MR) is 85.5 cm³/mol. The topological polar surface area (TPSA) is 75.7 Å².